The number of amides is 1. The molecule has 1 fully saturated rings. The zero-order valence-corrected chi connectivity index (χ0v) is 12.4. The van der Waals surface area contributed by atoms with Gasteiger partial charge in [-0.15, -0.1) is 0 Å². The number of nitrogens with two attached hydrogens (primary N) is 1. The van der Waals surface area contributed by atoms with E-state index in [1.165, 1.54) is 0 Å². The van der Waals surface area contributed by atoms with Crippen LogP contribution in [0.4, 0.5) is 0 Å². The lowest BCUT2D eigenvalue weighted by Crippen LogP contribution is -2.50. The highest BCUT2D eigenvalue weighted by molar-refractivity contribution is 5.93. The number of carbonyl (C=O) groups excluding carboxylic acids is 1. The first kappa shape index (κ1) is 14.9. The standard InChI is InChI=1S/C15H24N4O/c1-12(10-16)11-18-6-8-19(9-7-18)15(20)14-13(2)4-3-5-17-14/h3-5,12H,6-11,16H2,1-2H3. The average Bonchev–Trinajstić information content (AvgIpc) is 2.47. The summed E-state index contributed by atoms with van der Waals surface area (Å²) in [6.45, 7) is 9.20. The minimum absolute atomic E-state index is 0.0506. The second-order valence-corrected chi connectivity index (χ2v) is 5.60. The molecule has 1 aliphatic rings. The summed E-state index contributed by atoms with van der Waals surface area (Å²) in [6.07, 6.45) is 1.68. The molecule has 1 aliphatic heterocycles. The van der Waals surface area contributed by atoms with Gasteiger partial charge in [-0.05, 0) is 31.0 Å². The van der Waals surface area contributed by atoms with Crippen LogP contribution in [0.5, 0.6) is 0 Å². The number of rotatable bonds is 4. The second-order valence-electron chi connectivity index (χ2n) is 5.60. The molecule has 2 rings (SSSR count). The van der Waals surface area contributed by atoms with Crippen molar-refractivity contribution in [3.8, 4) is 0 Å². The van der Waals surface area contributed by atoms with Crippen molar-refractivity contribution in [1.29, 1.82) is 0 Å². The van der Waals surface area contributed by atoms with Gasteiger partial charge in [-0.3, -0.25) is 14.7 Å². The summed E-state index contributed by atoms with van der Waals surface area (Å²) in [6, 6.07) is 3.79. The zero-order chi connectivity index (χ0) is 14.5. The van der Waals surface area contributed by atoms with Gasteiger partial charge in [0.25, 0.3) is 5.91 Å². The maximum Gasteiger partial charge on any atom is 0.272 e. The molecule has 1 amide bonds. The lowest BCUT2D eigenvalue weighted by molar-refractivity contribution is 0.0615. The maximum absolute atomic E-state index is 12.4. The Morgan fingerprint density at radius 3 is 2.70 bits per heavy atom. The van der Waals surface area contributed by atoms with Crippen LogP contribution in [-0.2, 0) is 0 Å². The summed E-state index contributed by atoms with van der Waals surface area (Å²) < 4.78 is 0. The molecule has 1 aromatic rings. The Balaban J connectivity index is 1.91. The van der Waals surface area contributed by atoms with Crippen LogP contribution in [0, 0.1) is 12.8 Å². The molecular weight excluding hydrogens is 252 g/mol. The fourth-order valence-electron chi connectivity index (χ4n) is 2.51. The predicted molar refractivity (Wildman–Crippen MR) is 79.5 cm³/mol. The van der Waals surface area contributed by atoms with Gasteiger partial charge in [-0.2, -0.15) is 0 Å². The Labute approximate surface area is 120 Å². The first-order chi connectivity index (χ1) is 9.61. The van der Waals surface area contributed by atoms with Crippen molar-refractivity contribution in [3.63, 3.8) is 0 Å². The summed E-state index contributed by atoms with van der Waals surface area (Å²) in [7, 11) is 0. The van der Waals surface area contributed by atoms with Gasteiger partial charge >= 0.3 is 0 Å². The lowest BCUT2D eigenvalue weighted by Gasteiger charge is -2.35. The molecule has 1 unspecified atom stereocenters. The summed E-state index contributed by atoms with van der Waals surface area (Å²) in [5, 5.41) is 0. The fourth-order valence-corrected chi connectivity index (χ4v) is 2.51. The Hall–Kier alpha value is -1.46. The van der Waals surface area contributed by atoms with Crippen LogP contribution < -0.4 is 5.73 Å². The monoisotopic (exact) mass is 276 g/mol. The van der Waals surface area contributed by atoms with Crippen molar-refractivity contribution in [2.75, 3.05) is 39.3 Å². The van der Waals surface area contributed by atoms with Gasteiger partial charge in [-0.25, -0.2) is 0 Å². The second kappa shape index (κ2) is 6.81. The number of aromatic nitrogens is 1. The van der Waals surface area contributed by atoms with E-state index < -0.39 is 0 Å². The number of piperazine rings is 1. The molecule has 5 nitrogen and oxygen atoms in total. The number of carbonyl (C=O) groups is 1. The van der Waals surface area contributed by atoms with Crippen LogP contribution in [0.1, 0.15) is 23.0 Å². The minimum atomic E-state index is 0.0506. The fraction of sp³-hybridized carbons (Fsp3) is 0.600. The van der Waals surface area contributed by atoms with E-state index in [2.05, 4.69) is 16.8 Å². The molecule has 2 N–H and O–H groups in total. The van der Waals surface area contributed by atoms with Crippen molar-refractivity contribution < 1.29 is 4.79 Å². The smallest absolute Gasteiger partial charge is 0.272 e. The number of aryl methyl sites for hydroxylation is 1. The lowest BCUT2D eigenvalue weighted by atomic mass is 10.1. The zero-order valence-electron chi connectivity index (χ0n) is 12.4. The molecule has 0 bridgehead atoms. The molecule has 20 heavy (non-hydrogen) atoms. The molecule has 0 aromatic carbocycles. The molecule has 2 heterocycles. The normalized spacial score (nSPS) is 18.1. The molecule has 110 valence electrons. The molecule has 0 radical (unpaired) electrons. The number of hydrogen-bond acceptors (Lipinski definition) is 4. The van der Waals surface area contributed by atoms with E-state index in [-0.39, 0.29) is 5.91 Å². The summed E-state index contributed by atoms with van der Waals surface area (Å²) in [5.41, 5.74) is 7.18. The van der Waals surface area contributed by atoms with E-state index in [1.54, 1.807) is 6.20 Å². The SMILES string of the molecule is Cc1cccnc1C(=O)N1CCN(CC(C)CN)CC1. The van der Waals surface area contributed by atoms with E-state index in [0.717, 1.165) is 38.3 Å². The van der Waals surface area contributed by atoms with Gasteiger partial charge in [0, 0.05) is 38.9 Å². The van der Waals surface area contributed by atoms with Gasteiger partial charge in [0.05, 0.1) is 0 Å². The third kappa shape index (κ3) is 3.55. The van der Waals surface area contributed by atoms with Crippen molar-refractivity contribution >= 4 is 5.91 Å². The van der Waals surface area contributed by atoms with Gasteiger partial charge in [-0.1, -0.05) is 13.0 Å². The molecule has 0 aliphatic carbocycles. The van der Waals surface area contributed by atoms with Gasteiger partial charge in [0.1, 0.15) is 5.69 Å². The van der Waals surface area contributed by atoms with Gasteiger partial charge in [0.2, 0.25) is 0 Å². The highest BCUT2D eigenvalue weighted by Crippen LogP contribution is 2.11. The van der Waals surface area contributed by atoms with Gasteiger partial charge < -0.3 is 10.6 Å². The highest BCUT2D eigenvalue weighted by Gasteiger charge is 2.24. The molecule has 5 heteroatoms. The first-order valence-corrected chi connectivity index (χ1v) is 7.25. The number of hydrogen-bond donors (Lipinski definition) is 1. The van der Waals surface area contributed by atoms with Crippen molar-refractivity contribution in [2.24, 2.45) is 11.7 Å². The molecule has 0 saturated carbocycles. The van der Waals surface area contributed by atoms with E-state index >= 15 is 0 Å². The number of pyridine rings is 1. The summed E-state index contributed by atoms with van der Waals surface area (Å²) >= 11 is 0. The van der Waals surface area contributed by atoms with Crippen molar-refractivity contribution in [3.05, 3.63) is 29.6 Å². The first-order valence-electron chi connectivity index (χ1n) is 7.25. The molecule has 1 aromatic heterocycles. The minimum Gasteiger partial charge on any atom is -0.335 e. The quantitative estimate of drug-likeness (QED) is 0.881. The van der Waals surface area contributed by atoms with Crippen LogP contribution in [-0.4, -0.2) is 60.0 Å². The topological polar surface area (TPSA) is 62.5 Å². The van der Waals surface area contributed by atoms with E-state index in [4.69, 9.17) is 5.73 Å². The molecule has 0 spiro atoms. The van der Waals surface area contributed by atoms with Gasteiger partial charge in [0.15, 0.2) is 0 Å². The Kier molecular flexibility index (Phi) is 5.09. The Morgan fingerprint density at radius 1 is 1.40 bits per heavy atom. The summed E-state index contributed by atoms with van der Waals surface area (Å²) in [4.78, 5) is 20.9. The highest BCUT2D eigenvalue weighted by atomic mass is 16.2. The predicted octanol–water partition coefficient (Wildman–Crippen LogP) is 0.743. The third-order valence-corrected chi connectivity index (χ3v) is 3.84. The molecular formula is C15H24N4O. The van der Waals surface area contributed by atoms with Crippen LogP contribution >= 0.6 is 0 Å². The Morgan fingerprint density at radius 2 is 2.10 bits per heavy atom. The number of nitrogens with zero attached hydrogens (tertiary/aromatic N) is 3. The molecule has 1 saturated heterocycles. The van der Waals surface area contributed by atoms with Crippen LogP contribution in [0.25, 0.3) is 0 Å². The van der Waals surface area contributed by atoms with Crippen molar-refractivity contribution in [1.82, 2.24) is 14.8 Å². The van der Waals surface area contributed by atoms with E-state index in [1.807, 2.05) is 24.0 Å². The largest absolute Gasteiger partial charge is 0.335 e. The Bertz CT molecular complexity index is 455. The summed E-state index contributed by atoms with van der Waals surface area (Å²) in [5.74, 6) is 0.560. The maximum atomic E-state index is 12.4. The third-order valence-electron chi connectivity index (χ3n) is 3.84. The average molecular weight is 276 g/mol. The van der Waals surface area contributed by atoms with Crippen LogP contribution in [0.2, 0.25) is 0 Å². The van der Waals surface area contributed by atoms with E-state index in [9.17, 15) is 4.79 Å². The molecule has 1 atom stereocenters. The van der Waals surface area contributed by atoms with E-state index in [0.29, 0.717) is 18.2 Å². The van der Waals surface area contributed by atoms with Crippen molar-refractivity contribution in [2.45, 2.75) is 13.8 Å². The van der Waals surface area contributed by atoms with Crippen LogP contribution in [0.3, 0.4) is 0 Å². The van der Waals surface area contributed by atoms with Crippen LogP contribution in [0.15, 0.2) is 18.3 Å².